The predicted octanol–water partition coefficient (Wildman–Crippen LogP) is 2.71. The molecule has 0 spiro atoms. The van der Waals surface area contributed by atoms with Crippen molar-refractivity contribution >= 4 is 36.2 Å². The zero-order valence-electron chi connectivity index (χ0n) is 4.20. The molecule has 3 heteroatoms. The second-order valence-electron chi connectivity index (χ2n) is 1.27. The van der Waals surface area contributed by atoms with E-state index in [-0.39, 0.29) is 0 Å². The first-order chi connectivity index (χ1) is 3.93. The van der Waals surface area contributed by atoms with Crippen molar-refractivity contribution in [2.24, 2.45) is 0 Å². The molecule has 0 saturated heterocycles. The minimum absolute atomic E-state index is 0.863. The summed E-state index contributed by atoms with van der Waals surface area (Å²) in [6.45, 7) is 0. The molecule has 0 saturated carbocycles. The second kappa shape index (κ2) is 3.54. The van der Waals surface area contributed by atoms with Gasteiger partial charge in [-0.05, 0) is 16.2 Å². The van der Waals surface area contributed by atoms with Crippen LogP contribution in [0.3, 0.4) is 0 Å². The third-order valence-electron chi connectivity index (χ3n) is 0.709. The van der Waals surface area contributed by atoms with E-state index in [9.17, 15) is 0 Å². The molecule has 0 atom stereocenters. The maximum absolute atomic E-state index is 4.13. The number of thiol groups is 1. The van der Waals surface area contributed by atoms with Crippen molar-refractivity contribution in [3.8, 4) is 0 Å². The minimum Gasteiger partial charge on any atom is -0.174 e. The molecule has 0 aliphatic carbocycles. The van der Waals surface area contributed by atoms with Gasteiger partial charge in [0.25, 0.3) is 0 Å². The maximum atomic E-state index is 4.13. The Bertz CT molecular complexity index is 126. The Labute approximate surface area is 63.2 Å². The number of hydrogen-bond acceptors (Lipinski definition) is 3. The summed E-state index contributed by atoms with van der Waals surface area (Å²) in [4.78, 5) is 1.33. The van der Waals surface area contributed by atoms with Gasteiger partial charge in [0.1, 0.15) is 0 Å². The first kappa shape index (κ1) is 6.65. The lowest BCUT2D eigenvalue weighted by atomic mass is 10.7. The molecule has 1 rings (SSSR count). The summed E-state index contributed by atoms with van der Waals surface area (Å²) in [5, 5.41) is 6.27. The van der Waals surface area contributed by atoms with Gasteiger partial charge in [0.15, 0.2) is 0 Å². The van der Waals surface area contributed by atoms with Gasteiger partial charge in [-0.3, -0.25) is 0 Å². The Balaban J connectivity index is 2.43. The smallest absolute Gasteiger partial charge is 0.0222 e. The molecule has 0 bridgehead atoms. The Kier molecular flexibility index (Phi) is 2.94. The molecule has 44 valence electrons. The van der Waals surface area contributed by atoms with Crippen molar-refractivity contribution in [3.05, 3.63) is 21.1 Å². The van der Waals surface area contributed by atoms with Crippen molar-refractivity contribution in [3.63, 3.8) is 0 Å². The summed E-state index contributed by atoms with van der Waals surface area (Å²) in [7, 11) is 0. The second-order valence-corrected chi connectivity index (χ2v) is 3.40. The SMILES string of the molecule is SCC1=CSC=CS1. The van der Waals surface area contributed by atoms with Crippen molar-refractivity contribution < 1.29 is 0 Å². The van der Waals surface area contributed by atoms with Crippen LogP contribution in [0, 0.1) is 0 Å². The Hall–Kier alpha value is 0.530. The van der Waals surface area contributed by atoms with Gasteiger partial charge < -0.3 is 0 Å². The van der Waals surface area contributed by atoms with Gasteiger partial charge in [-0.1, -0.05) is 0 Å². The van der Waals surface area contributed by atoms with Gasteiger partial charge in [0.05, 0.1) is 0 Å². The molecule has 0 amide bonds. The number of rotatable bonds is 1. The van der Waals surface area contributed by atoms with E-state index in [2.05, 4.69) is 28.9 Å². The summed E-state index contributed by atoms with van der Waals surface area (Å²) < 4.78 is 0. The van der Waals surface area contributed by atoms with Gasteiger partial charge >= 0.3 is 0 Å². The van der Waals surface area contributed by atoms with E-state index in [1.54, 1.807) is 23.5 Å². The van der Waals surface area contributed by atoms with Crippen LogP contribution in [0.2, 0.25) is 0 Å². The Morgan fingerprint density at radius 2 is 2.38 bits per heavy atom. The quantitative estimate of drug-likeness (QED) is 0.589. The highest BCUT2D eigenvalue weighted by molar-refractivity contribution is 8.12. The lowest BCUT2D eigenvalue weighted by Gasteiger charge is -2.00. The van der Waals surface area contributed by atoms with Crippen molar-refractivity contribution in [1.29, 1.82) is 0 Å². The molecule has 1 aliphatic rings. The summed E-state index contributed by atoms with van der Waals surface area (Å²) in [6.07, 6.45) is 0. The highest BCUT2D eigenvalue weighted by Crippen LogP contribution is 2.27. The molecule has 0 N–H and O–H groups in total. The van der Waals surface area contributed by atoms with E-state index < -0.39 is 0 Å². The fourth-order valence-electron chi connectivity index (χ4n) is 0.365. The molecule has 0 radical (unpaired) electrons. The third kappa shape index (κ3) is 1.80. The predicted molar refractivity (Wildman–Crippen MR) is 46.3 cm³/mol. The highest BCUT2D eigenvalue weighted by Gasteiger charge is 1.94. The van der Waals surface area contributed by atoms with E-state index in [1.807, 2.05) is 0 Å². The summed E-state index contributed by atoms with van der Waals surface area (Å²) in [5.41, 5.74) is 0. The largest absolute Gasteiger partial charge is 0.174 e. The van der Waals surface area contributed by atoms with Crippen LogP contribution in [0.25, 0.3) is 0 Å². The molecular weight excluding hydrogens is 156 g/mol. The average molecular weight is 162 g/mol. The van der Waals surface area contributed by atoms with Crippen LogP contribution in [0.15, 0.2) is 21.1 Å². The van der Waals surface area contributed by atoms with Crippen molar-refractivity contribution in [1.82, 2.24) is 0 Å². The van der Waals surface area contributed by atoms with E-state index in [0.29, 0.717) is 0 Å². The van der Waals surface area contributed by atoms with Crippen LogP contribution in [0.4, 0.5) is 0 Å². The molecule has 0 fully saturated rings. The fourth-order valence-corrected chi connectivity index (χ4v) is 2.23. The van der Waals surface area contributed by atoms with Gasteiger partial charge in [0.2, 0.25) is 0 Å². The molecule has 0 nitrogen and oxygen atoms in total. The minimum atomic E-state index is 0.863. The molecular formula is C5H6S3. The monoisotopic (exact) mass is 162 g/mol. The van der Waals surface area contributed by atoms with Crippen molar-refractivity contribution in [2.75, 3.05) is 5.75 Å². The molecule has 8 heavy (non-hydrogen) atoms. The van der Waals surface area contributed by atoms with Crippen LogP contribution in [-0.2, 0) is 0 Å². The fraction of sp³-hybridized carbons (Fsp3) is 0.200. The lowest BCUT2D eigenvalue weighted by Crippen LogP contribution is -1.75. The molecule has 0 aromatic rings. The van der Waals surface area contributed by atoms with Crippen LogP contribution in [-0.4, -0.2) is 5.75 Å². The van der Waals surface area contributed by atoms with Gasteiger partial charge in [-0.25, -0.2) is 0 Å². The third-order valence-corrected chi connectivity index (χ3v) is 3.14. The van der Waals surface area contributed by atoms with Crippen LogP contribution >= 0.6 is 36.2 Å². The average Bonchev–Trinajstić information content (AvgIpc) is 1.90. The first-order valence-corrected chi connectivity index (χ1v) is 4.66. The summed E-state index contributed by atoms with van der Waals surface area (Å²) >= 11 is 7.59. The normalized spacial score (nSPS) is 18.4. The van der Waals surface area contributed by atoms with Crippen LogP contribution in [0.1, 0.15) is 0 Å². The molecule has 1 heterocycles. The standard InChI is InChI=1S/C5H6S3/c6-3-5-4-7-1-2-8-5/h1-2,4,6H,3H2. The zero-order chi connectivity index (χ0) is 5.82. The van der Waals surface area contributed by atoms with Crippen LogP contribution < -0.4 is 0 Å². The highest BCUT2D eigenvalue weighted by atomic mass is 32.2. The van der Waals surface area contributed by atoms with E-state index >= 15 is 0 Å². The zero-order valence-corrected chi connectivity index (χ0v) is 6.73. The maximum Gasteiger partial charge on any atom is 0.0222 e. The molecule has 0 aromatic carbocycles. The molecule has 1 aliphatic heterocycles. The van der Waals surface area contributed by atoms with E-state index in [1.165, 1.54) is 4.91 Å². The van der Waals surface area contributed by atoms with Crippen LogP contribution in [0.5, 0.6) is 0 Å². The molecule has 0 aromatic heterocycles. The van der Waals surface area contributed by atoms with E-state index in [0.717, 1.165) is 5.75 Å². The summed E-state index contributed by atoms with van der Waals surface area (Å²) in [6, 6.07) is 0. The topological polar surface area (TPSA) is 0 Å². The van der Waals surface area contributed by atoms with Gasteiger partial charge in [-0.15, -0.1) is 23.5 Å². The van der Waals surface area contributed by atoms with E-state index in [4.69, 9.17) is 0 Å². The Morgan fingerprint density at radius 3 is 2.75 bits per heavy atom. The molecule has 0 unspecified atom stereocenters. The number of thioether (sulfide) groups is 2. The number of hydrogen-bond donors (Lipinski definition) is 1. The lowest BCUT2D eigenvalue weighted by molar-refractivity contribution is 1.76. The first-order valence-electron chi connectivity index (χ1n) is 2.20. The van der Waals surface area contributed by atoms with Gasteiger partial charge in [0, 0.05) is 10.7 Å². The summed E-state index contributed by atoms with van der Waals surface area (Å²) in [5.74, 6) is 0.863. The van der Waals surface area contributed by atoms with Crippen molar-refractivity contribution in [2.45, 2.75) is 0 Å². The Morgan fingerprint density at radius 1 is 1.50 bits per heavy atom. The van der Waals surface area contributed by atoms with Gasteiger partial charge in [-0.2, -0.15) is 12.6 Å².